The van der Waals surface area contributed by atoms with Crippen LogP contribution >= 0.6 is 11.8 Å². The molecule has 2 heterocycles. The van der Waals surface area contributed by atoms with E-state index in [0.717, 1.165) is 17.0 Å². The van der Waals surface area contributed by atoms with Crippen LogP contribution in [0.5, 0.6) is 0 Å². The van der Waals surface area contributed by atoms with Crippen LogP contribution in [0.15, 0.2) is 155 Å². The number of fused-ring (bicyclic) bond motifs is 6. The first-order valence-electron chi connectivity index (χ1n) is 15.4. The minimum atomic E-state index is -0.195. The van der Waals surface area contributed by atoms with Gasteiger partial charge in [-0.2, -0.15) is 0 Å². The van der Waals surface area contributed by atoms with Crippen molar-refractivity contribution in [3.8, 4) is 0 Å². The smallest absolute Gasteiger partial charge is 0.131 e. The minimum Gasteiger partial charge on any atom is -0.368 e. The Balaban J connectivity index is 1.10. The van der Waals surface area contributed by atoms with Crippen molar-refractivity contribution in [2.24, 2.45) is 4.99 Å². The molecular formula is C40H30N4S. The van der Waals surface area contributed by atoms with Gasteiger partial charge in [-0.15, -0.1) is 0 Å². The highest BCUT2D eigenvalue weighted by Gasteiger charge is 2.27. The summed E-state index contributed by atoms with van der Waals surface area (Å²) < 4.78 is 0. The van der Waals surface area contributed by atoms with Crippen LogP contribution in [-0.2, 0) is 0 Å². The molecule has 2 aliphatic heterocycles. The number of nitrogens with zero attached hydrogens (tertiary/aromatic N) is 1. The lowest BCUT2D eigenvalue weighted by Crippen LogP contribution is -2.44. The van der Waals surface area contributed by atoms with Gasteiger partial charge in [-0.3, -0.25) is 5.32 Å². The molecule has 3 atom stereocenters. The molecule has 216 valence electrons. The van der Waals surface area contributed by atoms with Crippen molar-refractivity contribution < 1.29 is 0 Å². The van der Waals surface area contributed by atoms with E-state index in [1.807, 2.05) is 17.8 Å². The second-order valence-electron chi connectivity index (χ2n) is 11.7. The third-order valence-corrected chi connectivity index (χ3v) is 10.2. The van der Waals surface area contributed by atoms with Gasteiger partial charge < -0.3 is 10.6 Å². The number of aliphatic imine (C=N–C) groups is 1. The van der Waals surface area contributed by atoms with E-state index in [1.54, 1.807) is 0 Å². The summed E-state index contributed by atoms with van der Waals surface area (Å²) in [6.07, 6.45) is -0.257. The highest BCUT2D eigenvalue weighted by Crippen LogP contribution is 2.51. The van der Waals surface area contributed by atoms with E-state index in [9.17, 15) is 0 Å². The Labute approximate surface area is 266 Å². The highest BCUT2D eigenvalue weighted by atomic mass is 32.2. The number of nitrogens with one attached hydrogen (secondary N) is 3. The van der Waals surface area contributed by atoms with Crippen LogP contribution in [0.4, 0.5) is 5.69 Å². The van der Waals surface area contributed by atoms with Crippen LogP contribution < -0.4 is 16.0 Å². The Hall–Kier alpha value is -5.10. The number of benzene rings is 7. The molecule has 5 heteroatoms. The van der Waals surface area contributed by atoms with Crippen LogP contribution in [-0.4, -0.2) is 5.84 Å². The molecule has 7 aromatic rings. The van der Waals surface area contributed by atoms with Crippen molar-refractivity contribution in [1.82, 2.24) is 10.6 Å². The first-order chi connectivity index (χ1) is 22.3. The van der Waals surface area contributed by atoms with Gasteiger partial charge in [-0.1, -0.05) is 139 Å². The highest BCUT2D eigenvalue weighted by molar-refractivity contribution is 8.00. The zero-order valence-electron chi connectivity index (χ0n) is 24.4. The summed E-state index contributed by atoms with van der Waals surface area (Å²) in [4.78, 5) is 6.46. The number of thioether (sulfide) groups is 1. The van der Waals surface area contributed by atoms with Gasteiger partial charge in [0, 0.05) is 15.8 Å². The Bertz CT molecular complexity index is 2250. The summed E-state index contributed by atoms with van der Waals surface area (Å²) in [5, 5.41) is 19.0. The SMILES string of the molecule is c1ccc(C2=NC(c3ccc4c(ccc5ccc6c(c54)NC(c4ccc5ccccc5c4)S6)c3)NC(c3ccccc3)N2)cc1. The number of anilines is 1. The molecule has 45 heavy (non-hydrogen) atoms. The van der Waals surface area contributed by atoms with Gasteiger partial charge in [0.25, 0.3) is 0 Å². The maximum atomic E-state index is 5.17. The second-order valence-corrected chi connectivity index (χ2v) is 12.9. The third kappa shape index (κ3) is 4.72. The molecule has 9 rings (SSSR count). The standard InChI is InChI=1S/C40H30N4S/c1-3-10-27(11-4-1)37-42-38(28-12-5-2-6-13-28)44-39(43-37)31-19-21-33-30(24-31)17-16-26-20-22-34-36(35(26)33)41-40(45-34)32-18-15-25-9-7-8-14-29(25)23-32/h1-24,37,39-41,43H,(H,42,44). The molecule has 0 saturated carbocycles. The normalized spacial score (nSPS) is 19.2. The number of rotatable bonds is 4. The third-order valence-electron chi connectivity index (χ3n) is 8.94. The van der Waals surface area contributed by atoms with E-state index in [0.29, 0.717) is 0 Å². The maximum absolute atomic E-state index is 5.17. The van der Waals surface area contributed by atoms with Crippen LogP contribution in [0.1, 0.15) is 40.0 Å². The van der Waals surface area contributed by atoms with E-state index < -0.39 is 0 Å². The lowest BCUT2D eigenvalue weighted by Gasteiger charge is -2.32. The topological polar surface area (TPSA) is 48.5 Å². The second kappa shape index (κ2) is 10.8. The van der Waals surface area contributed by atoms with E-state index >= 15 is 0 Å². The quantitative estimate of drug-likeness (QED) is 0.177. The van der Waals surface area contributed by atoms with Crippen molar-refractivity contribution >= 4 is 55.6 Å². The molecule has 0 aliphatic carbocycles. The molecule has 3 N–H and O–H groups in total. The van der Waals surface area contributed by atoms with Gasteiger partial charge in [0.15, 0.2) is 0 Å². The lowest BCUT2D eigenvalue weighted by atomic mass is 9.97. The van der Waals surface area contributed by atoms with E-state index in [4.69, 9.17) is 4.99 Å². The van der Waals surface area contributed by atoms with Crippen molar-refractivity contribution in [3.63, 3.8) is 0 Å². The van der Waals surface area contributed by atoms with Crippen LogP contribution in [0.25, 0.3) is 32.3 Å². The van der Waals surface area contributed by atoms with Gasteiger partial charge in [0.05, 0.1) is 5.69 Å². The summed E-state index contributed by atoms with van der Waals surface area (Å²) in [5.41, 5.74) is 5.92. The molecule has 0 bridgehead atoms. The molecule has 2 aliphatic rings. The molecule has 0 saturated heterocycles. The fourth-order valence-corrected chi connectivity index (χ4v) is 7.80. The maximum Gasteiger partial charge on any atom is 0.131 e. The molecule has 0 spiro atoms. The fraction of sp³-hybridized carbons (Fsp3) is 0.0750. The lowest BCUT2D eigenvalue weighted by molar-refractivity contribution is 0.409. The summed E-state index contributed by atoms with van der Waals surface area (Å²) in [5.74, 6) is 0.894. The molecule has 4 nitrogen and oxygen atoms in total. The predicted molar refractivity (Wildman–Crippen MR) is 189 cm³/mol. The molecule has 0 fully saturated rings. The Morgan fingerprint density at radius 1 is 0.533 bits per heavy atom. The zero-order chi connectivity index (χ0) is 29.7. The first kappa shape index (κ1) is 26.3. The summed E-state index contributed by atoms with van der Waals surface area (Å²) in [6, 6.07) is 52.1. The Kier molecular flexibility index (Phi) is 6.32. The van der Waals surface area contributed by atoms with Crippen LogP contribution in [0, 0.1) is 0 Å². The van der Waals surface area contributed by atoms with Crippen molar-refractivity contribution in [2.45, 2.75) is 22.6 Å². The largest absolute Gasteiger partial charge is 0.368 e. The van der Waals surface area contributed by atoms with E-state index in [2.05, 4.69) is 155 Å². The van der Waals surface area contributed by atoms with Gasteiger partial charge >= 0.3 is 0 Å². The molecule has 0 radical (unpaired) electrons. The zero-order valence-corrected chi connectivity index (χ0v) is 25.3. The average Bonchev–Trinajstić information content (AvgIpc) is 3.56. The number of hydrogen-bond acceptors (Lipinski definition) is 5. The van der Waals surface area contributed by atoms with Crippen molar-refractivity contribution in [3.05, 3.63) is 168 Å². The predicted octanol–water partition coefficient (Wildman–Crippen LogP) is 9.70. The minimum absolute atomic E-state index is 0.0623. The van der Waals surface area contributed by atoms with E-state index in [1.165, 1.54) is 54.0 Å². The molecule has 7 aromatic carbocycles. The van der Waals surface area contributed by atoms with Gasteiger partial charge in [0.1, 0.15) is 23.5 Å². The van der Waals surface area contributed by atoms with Crippen LogP contribution in [0.2, 0.25) is 0 Å². The number of hydrogen-bond donors (Lipinski definition) is 3. The van der Waals surface area contributed by atoms with Crippen molar-refractivity contribution in [1.29, 1.82) is 0 Å². The molecule has 0 amide bonds. The van der Waals surface area contributed by atoms with Crippen molar-refractivity contribution in [2.75, 3.05) is 5.32 Å². The first-order valence-corrected chi connectivity index (χ1v) is 16.3. The monoisotopic (exact) mass is 598 g/mol. The molecule has 0 aromatic heterocycles. The van der Waals surface area contributed by atoms with Gasteiger partial charge in [-0.05, 0) is 61.8 Å². The van der Waals surface area contributed by atoms with E-state index in [-0.39, 0.29) is 17.7 Å². The number of amidine groups is 1. The van der Waals surface area contributed by atoms with Gasteiger partial charge in [0.2, 0.25) is 0 Å². The van der Waals surface area contributed by atoms with Crippen LogP contribution in [0.3, 0.4) is 0 Å². The Morgan fingerprint density at radius 2 is 1.22 bits per heavy atom. The summed E-state index contributed by atoms with van der Waals surface area (Å²) in [6.45, 7) is 0. The average molecular weight is 599 g/mol. The fourth-order valence-electron chi connectivity index (χ4n) is 6.67. The summed E-state index contributed by atoms with van der Waals surface area (Å²) in [7, 11) is 0. The summed E-state index contributed by atoms with van der Waals surface area (Å²) >= 11 is 1.90. The molecular weight excluding hydrogens is 569 g/mol. The Morgan fingerprint density at radius 3 is 2.09 bits per heavy atom. The molecule has 3 unspecified atom stereocenters. The van der Waals surface area contributed by atoms with Gasteiger partial charge in [-0.25, -0.2) is 4.99 Å².